The summed E-state index contributed by atoms with van der Waals surface area (Å²) < 4.78 is 41.0. The molecule has 8 N–H and O–H groups in total. The van der Waals surface area contributed by atoms with Crippen molar-refractivity contribution in [3.63, 3.8) is 0 Å². The van der Waals surface area contributed by atoms with Gasteiger partial charge in [0.25, 0.3) is 0 Å². The molecule has 0 unspecified atom stereocenters. The van der Waals surface area contributed by atoms with Crippen LogP contribution in [0.2, 0.25) is 0 Å². The van der Waals surface area contributed by atoms with Crippen LogP contribution >= 0.6 is 0 Å². The first-order valence-electron chi connectivity index (χ1n) is 26.4. The third kappa shape index (κ3) is 13.0. The van der Waals surface area contributed by atoms with Crippen LogP contribution in [0.5, 0.6) is 46.0 Å². The number of fused-ring (bicyclic) bond motifs is 4. The molecule has 0 spiro atoms. The van der Waals surface area contributed by atoms with Crippen LogP contribution in [0.15, 0.2) is 246 Å². The molecule has 2 aliphatic heterocycles. The number of furan rings is 2. The van der Waals surface area contributed by atoms with Crippen molar-refractivity contribution in [3.05, 3.63) is 282 Å². The second kappa shape index (κ2) is 24.5. The van der Waals surface area contributed by atoms with Crippen molar-refractivity contribution < 1.29 is 56.4 Å². The van der Waals surface area contributed by atoms with Crippen molar-refractivity contribution in [1.29, 1.82) is 0 Å². The number of rotatable bonds is 10. The van der Waals surface area contributed by atoms with Crippen molar-refractivity contribution in [1.82, 2.24) is 0 Å². The van der Waals surface area contributed by atoms with E-state index >= 15 is 0 Å². The van der Waals surface area contributed by atoms with E-state index in [4.69, 9.17) is 41.9 Å². The SMILES string of the molecule is Nc1cccc(Oc2ccc(-c3ccc(Oc4cccc(N)c4)cc3)cc2)c1.Nc1cccc(Oc2cccc(Oc3cccc(N)c3)c2)c1.O=C1OC(=O)c2cc(-c3ccc4c(c3)C(=O)OC4=O)ccc21.O=c1oc(=O)c2cc3c(=O)oc(=O)c3cc12. The first kappa shape index (κ1) is 57.0. The van der Waals surface area contributed by atoms with Crippen LogP contribution in [-0.2, 0) is 9.47 Å². The number of ether oxygens (including phenoxy) is 6. The van der Waals surface area contributed by atoms with Crippen LogP contribution in [0.25, 0.3) is 43.8 Å². The van der Waals surface area contributed by atoms with Crippen molar-refractivity contribution in [2.75, 3.05) is 22.9 Å². The zero-order chi connectivity index (χ0) is 61.6. The van der Waals surface area contributed by atoms with E-state index in [-0.39, 0.29) is 43.8 Å². The monoisotopic (exact) mass is 1170 g/mol. The quantitative estimate of drug-likeness (QED) is 0.0561. The number of benzene rings is 10. The Kier molecular flexibility index (Phi) is 15.9. The highest BCUT2D eigenvalue weighted by Gasteiger charge is 2.32. The lowest BCUT2D eigenvalue weighted by Crippen LogP contribution is -1.97. The van der Waals surface area contributed by atoms with E-state index in [1.807, 2.05) is 146 Å². The minimum Gasteiger partial charge on any atom is -0.457 e. The number of esters is 4. The summed E-state index contributed by atoms with van der Waals surface area (Å²) in [6.45, 7) is 0. The van der Waals surface area contributed by atoms with Gasteiger partial charge in [-0.2, -0.15) is 0 Å². The molecule has 14 rings (SSSR count). The molecule has 0 amide bonds. The molecule has 10 aromatic carbocycles. The third-order valence-electron chi connectivity index (χ3n) is 13.3. The van der Waals surface area contributed by atoms with Gasteiger partial charge in [-0.25, -0.2) is 38.4 Å². The first-order chi connectivity index (χ1) is 42.5. The number of anilines is 4. The topological polar surface area (TPSA) is 322 Å². The molecule has 2 aliphatic rings. The van der Waals surface area contributed by atoms with Crippen molar-refractivity contribution >= 4 is 68.2 Å². The zero-order valence-corrected chi connectivity index (χ0v) is 45.6. The molecule has 0 atom stereocenters. The molecule has 2 aromatic heterocycles. The summed E-state index contributed by atoms with van der Waals surface area (Å²) in [5.74, 6) is 2.93. The average molecular weight is 1170 g/mol. The molecule has 20 heteroatoms. The van der Waals surface area contributed by atoms with Gasteiger partial charge in [-0.05, 0) is 144 Å². The van der Waals surface area contributed by atoms with Gasteiger partial charge in [0.2, 0.25) is 0 Å². The van der Waals surface area contributed by atoms with Crippen LogP contribution in [0.3, 0.4) is 0 Å². The zero-order valence-electron chi connectivity index (χ0n) is 45.6. The Morgan fingerprint density at radius 1 is 0.239 bits per heavy atom. The van der Waals surface area contributed by atoms with Gasteiger partial charge in [0, 0.05) is 53.1 Å². The molecule has 0 radical (unpaired) electrons. The number of hydrogen-bond acceptors (Lipinski definition) is 20. The number of nitrogens with two attached hydrogens (primary N) is 4. The Hall–Kier alpha value is -12.8. The highest BCUT2D eigenvalue weighted by Crippen LogP contribution is 2.34. The summed E-state index contributed by atoms with van der Waals surface area (Å²) >= 11 is 0. The van der Waals surface area contributed by atoms with Gasteiger partial charge in [-0.3, -0.25) is 0 Å². The molecule has 0 bridgehead atoms. The molecule has 12 aromatic rings. The van der Waals surface area contributed by atoms with Crippen LogP contribution in [0, 0.1) is 0 Å². The summed E-state index contributed by atoms with van der Waals surface area (Å²) in [4.78, 5) is 90.7. The van der Waals surface area contributed by atoms with Gasteiger partial charge in [0.15, 0.2) is 0 Å². The standard InChI is InChI=1S/C24H20N2O2.C18H16N2O2.C16H6O6.C10H2O6/c25-19-3-1-5-23(15-19)27-21-11-7-17(8-12-21)18-9-13-22(14-10-18)28-24-6-2-4-20(26)16-24;19-13-4-1-6-15(10-13)21-17-8-3-9-18(12-17)22-16-7-2-5-14(20)11-16;17-13-9-3-1-7(5-11(9)15(19)21-13)8-2-4-10-12(6-8)16(20)22-14(10)18;11-7-3-1-4-6(10(14)16-8(4)12)2-5(3)9(13)15-7/h1-16H,25-26H2;1-12H,19-20H2;1-6H;1-2H. The van der Waals surface area contributed by atoms with Gasteiger partial charge in [0.05, 0.1) is 43.8 Å². The van der Waals surface area contributed by atoms with Gasteiger partial charge in [-0.1, -0.05) is 66.7 Å². The summed E-state index contributed by atoms with van der Waals surface area (Å²) in [6.07, 6.45) is 0. The smallest absolute Gasteiger partial charge is 0.346 e. The minimum atomic E-state index is -0.824. The predicted molar refractivity (Wildman–Crippen MR) is 327 cm³/mol. The fraction of sp³-hybridized carbons (Fsp3) is 0. The highest BCUT2D eigenvalue weighted by molar-refractivity contribution is 6.16. The number of carbonyl (C=O) groups is 4. The highest BCUT2D eigenvalue weighted by atomic mass is 16.6. The lowest BCUT2D eigenvalue weighted by molar-refractivity contribution is 0.0425. The van der Waals surface area contributed by atoms with Crippen LogP contribution < -0.4 is 64.4 Å². The Morgan fingerprint density at radius 2 is 0.500 bits per heavy atom. The molecule has 0 aliphatic carbocycles. The van der Waals surface area contributed by atoms with Crippen molar-refractivity contribution in [2.45, 2.75) is 0 Å². The summed E-state index contributed by atoms with van der Waals surface area (Å²) in [5, 5.41) is -0.0726. The lowest BCUT2D eigenvalue weighted by atomic mass is 9.97. The van der Waals surface area contributed by atoms with Gasteiger partial charge < -0.3 is 60.2 Å². The largest absolute Gasteiger partial charge is 0.457 e. The van der Waals surface area contributed by atoms with E-state index in [1.54, 1.807) is 36.4 Å². The van der Waals surface area contributed by atoms with E-state index in [9.17, 15) is 38.4 Å². The maximum absolute atomic E-state index is 11.6. The maximum atomic E-state index is 11.6. The molecular weight excluding hydrogens is 1130 g/mol. The molecule has 0 saturated carbocycles. The Morgan fingerprint density at radius 3 is 0.807 bits per heavy atom. The van der Waals surface area contributed by atoms with E-state index in [0.29, 0.717) is 56.9 Å². The summed E-state index contributed by atoms with van der Waals surface area (Å²) in [7, 11) is 0. The average Bonchev–Trinajstić information content (AvgIpc) is 1.86. The molecule has 432 valence electrons. The molecule has 0 fully saturated rings. The van der Waals surface area contributed by atoms with Crippen molar-refractivity contribution in [3.8, 4) is 68.2 Å². The Balaban J connectivity index is 0.000000123. The summed E-state index contributed by atoms with van der Waals surface area (Å²) in [6, 6.07) is 64.1. The minimum absolute atomic E-state index is 0.0181. The molecule has 88 heavy (non-hydrogen) atoms. The van der Waals surface area contributed by atoms with E-state index < -0.39 is 46.4 Å². The lowest BCUT2D eigenvalue weighted by Gasteiger charge is -2.09. The number of nitrogen functional groups attached to an aromatic ring is 4. The predicted octanol–water partition coefficient (Wildman–Crippen LogP) is 12.0. The fourth-order valence-corrected chi connectivity index (χ4v) is 9.08. The van der Waals surface area contributed by atoms with Gasteiger partial charge >= 0.3 is 46.4 Å². The second-order valence-electron chi connectivity index (χ2n) is 19.4. The number of carbonyl (C=O) groups excluding carboxylic acids is 4. The maximum Gasteiger partial charge on any atom is 0.346 e. The van der Waals surface area contributed by atoms with Gasteiger partial charge in [-0.15, -0.1) is 0 Å². The Bertz CT molecular complexity index is 4560. The van der Waals surface area contributed by atoms with Crippen molar-refractivity contribution in [2.24, 2.45) is 0 Å². The summed E-state index contributed by atoms with van der Waals surface area (Å²) in [5.41, 5.74) is 26.6. The fourth-order valence-electron chi connectivity index (χ4n) is 9.08. The number of cyclic esters (lactones) is 4. The Labute approximate surface area is 496 Å². The van der Waals surface area contributed by atoms with E-state index in [1.165, 1.54) is 24.3 Å². The van der Waals surface area contributed by atoms with Crippen LogP contribution in [0.1, 0.15) is 41.4 Å². The van der Waals surface area contributed by atoms with Crippen LogP contribution in [0.4, 0.5) is 22.7 Å². The molecule has 4 heterocycles. The normalized spacial score (nSPS) is 11.8. The third-order valence-corrected chi connectivity index (χ3v) is 13.3. The van der Waals surface area contributed by atoms with Crippen LogP contribution in [-0.4, -0.2) is 23.9 Å². The van der Waals surface area contributed by atoms with E-state index in [2.05, 4.69) is 18.3 Å². The second-order valence-corrected chi connectivity index (χ2v) is 19.4. The molecule has 20 nitrogen and oxygen atoms in total. The molecule has 0 saturated heterocycles. The first-order valence-corrected chi connectivity index (χ1v) is 26.4. The number of hydrogen-bond donors (Lipinski definition) is 4. The molecular formula is C68H44N4O16. The van der Waals surface area contributed by atoms with E-state index in [0.717, 1.165) is 46.3 Å². The van der Waals surface area contributed by atoms with Gasteiger partial charge in [0.1, 0.15) is 46.0 Å².